The highest BCUT2D eigenvalue weighted by Crippen LogP contribution is 2.19. The van der Waals surface area contributed by atoms with Gasteiger partial charge in [0.05, 0.1) is 5.69 Å². The van der Waals surface area contributed by atoms with E-state index in [2.05, 4.69) is 21.0 Å². The molecule has 0 saturated carbocycles. The first-order chi connectivity index (χ1) is 9.02. The molecule has 0 unspecified atom stereocenters. The van der Waals surface area contributed by atoms with Gasteiger partial charge in [-0.1, -0.05) is 0 Å². The minimum Gasteiger partial charge on any atom is -0.343 e. The number of hydrogen-bond donors (Lipinski definition) is 0. The molecule has 6 heteroatoms. The van der Waals surface area contributed by atoms with Crippen molar-refractivity contribution in [1.29, 1.82) is 0 Å². The summed E-state index contributed by atoms with van der Waals surface area (Å²) in [6.45, 7) is 0. The van der Waals surface area contributed by atoms with Gasteiger partial charge in [0.1, 0.15) is 0 Å². The maximum atomic E-state index is 11.8. The standard InChI is InChI=1S/C13H12BrN3O2/c1-16(2)13(19)12-5-6-17(15-12)10-4-3-9(8-18)11(14)7-10/h3-8H,1-2H3. The van der Waals surface area contributed by atoms with Crippen LogP contribution in [-0.2, 0) is 0 Å². The van der Waals surface area contributed by atoms with Crippen LogP contribution >= 0.6 is 15.9 Å². The Morgan fingerprint density at radius 3 is 2.68 bits per heavy atom. The Hall–Kier alpha value is -1.95. The fraction of sp³-hybridized carbons (Fsp3) is 0.154. The number of carbonyl (C=O) groups is 2. The monoisotopic (exact) mass is 321 g/mol. The number of hydrogen-bond acceptors (Lipinski definition) is 3. The topological polar surface area (TPSA) is 55.2 Å². The van der Waals surface area contributed by atoms with Crippen LogP contribution < -0.4 is 0 Å². The molecular formula is C13H12BrN3O2. The van der Waals surface area contributed by atoms with E-state index in [1.54, 1.807) is 49.2 Å². The van der Waals surface area contributed by atoms with E-state index in [4.69, 9.17) is 0 Å². The molecule has 1 amide bonds. The SMILES string of the molecule is CN(C)C(=O)c1ccn(-c2ccc(C=O)c(Br)c2)n1. The predicted molar refractivity (Wildman–Crippen MR) is 74.7 cm³/mol. The molecule has 98 valence electrons. The molecule has 5 nitrogen and oxygen atoms in total. The number of amides is 1. The van der Waals surface area contributed by atoms with Gasteiger partial charge in [-0.05, 0) is 40.2 Å². The summed E-state index contributed by atoms with van der Waals surface area (Å²) in [5.74, 6) is -0.151. The molecule has 0 bridgehead atoms. The van der Waals surface area contributed by atoms with Gasteiger partial charge in [-0.3, -0.25) is 9.59 Å². The van der Waals surface area contributed by atoms with Crippen molar-refractivity contribution < 1.29 is 9.59 Å². The lowest BCUT2D eigenvalue weighted by atomic mass is 10.2. The highest BCUT2D eigenvalue weighted by Gasteiger charge is 2.12. The van der Waals surface area contributed by atoms with Crippen molar-refractivity contribution in [2.24, 2.45) is 0 Å². The summed E-state index contributed by atoms with van der Waals surface area (Å²) in [5.41, 5.74) is 1.72. The van der Waals surface area contributed by atoms with Crippen molar-refractivity contribution in [1.82, 2.24) is 14.7 Å². The van der Waals surface area contributed by atoms with Gasteiger partial charge in [0, 0.05) is 30.3 Å². The van der Waals surface area contributed by atoms with Crippen molar-refractivity contribution in [2.45, 2.75) is 0 Å². The average molecular weight is 322 g/mol. The lowest BCUT2D eigenvalue weighted by Gasteiger charge is -2.07. The molecule has 0 atom stereocenters. The van der Waals surface area contributed by atoms with Gasteiger partial charge in [0.2, 0.25) is 0 Å². The lowest BCUT2D eigenvalue weighted by molar-refractivity contribution is 0.0821. The number of halogens is 1. The Balaban J connectivity index is 2.35. The molecule has 0 spiro atoms. The van der Waals surface area contributed by atoms with Gasteiger partial charge in [0.15, 0.2) is 12.0 Å². The van der Waals surface area contributed by atoms with Crippen LogP contribution in [0.1, 0.15) is 20.8 Å². The smallest absolute Gasteiger partial charge is 0.273 e. The van der Waals surface area contributed by atoms with Crippen LogP contribution in [0.3, 0.4) is 0 Å². The fourth-order valence-corrected chi connectivity index (χ4v) is 2.03. The third-order valence-electron chi connectivity index (χ3n) is 2.59. The number of nitrogens with zero attached hydrogens (tertiary/aromatic N) is 3. The first kappa shape index (κ1) is 13.5. The van der Waals surface area contributed by atoms with Crippen molar-refractivity contribution >= 4 is 28.1 Å². The van der Waals surface area contributed by atoms with Gasteiger partial charge in [-0.25, -0.2) is 4.68 Å². The Morgan fingerprint density at radius 1 is 1.37 bits per heavy atom. The second-order valence-electron chi connectivity index (χ2n) is 4.17. The zero-order valence-electron chi connectivity index (χ0n) is 10.5. The van der Waals surface area contributed by atoms with Crippen LogP contribution in [0.2, 0.25) is 0 Å². The highest BCUT2D eigenvalue weighted by atomic mass is 79.9. The molecule has 0 saturated heterocycles. The maximum Gasteiger partial charge on any atom is 0.273 e. The zero-order valence-corrected chi connectivity index (χ0v) is 12.1. The third kappa shape index (κ3) is 2.73. The molecule has 0 fully saturated rings. The van der Waals surface area contributed by atoms with Crippen LogP contribution in [0, 0.1) is 0 Å². The van der Waals surface area contributed by atoms with E-state index in [9.17, 15) is 9.59 Å². The molecule has 0 aliphatic carbocycles. The summed E-state index contributed by atoms with van der Waals surface area (Å²) in [5, 5.41) is 4.21. The molecule has 0 N–H and O–H groups in total. The van der Waals surface area contributed by atoms with Gasteiger partial charge in [-0.2, -0.15) is 5.10 Å². The number of benzene rings is 1. The molecule has 1 heterocycles. The number of aromatic nitrogens is 2. The van der Waals surface area contributed by atoms with Crippen LogP contribution in [0.25, 0.3) is 5.69 Å². The first-order valence-electron chi connectivity index (χ1n) is 5.55. The minimum atomic E-state index is -0.151. The Morgan fingerprint density at radius 2 is 2.11 bits per heavy atom. The van der Waals surface area contributed by atoms with Crippen LogP contribution in [0.5, 0.6) is 0 Å². The lowest BCUT2D eigenvalue weighted by Crippen LogP contribution is -2.22. The Bertz CT molecular complexity index is 635. The largest absolute Gasteiger partial charge is 0.343 e. The zero-order chi connectivity index (χ0) is 14.0. The fourth-order valence-electron chi connectivity index (χ4n) is 1.57. The third-order valence-corrected chi connectivity index (χ3v) is 3.28. The molecule has 0 radical (unpaired) electrons. The maximum absolute atomic E-state index is 11.8. The Kier molecular flexibility index (Phi) is 3.80. The summed E-state index contributed by atoms with van der Waals surface area (Å²) >= 11 is 3.32. The predicted octanol–water partition coefficient (Wildman–Crippen LogP) is 2.15. The summed E-state index contributed by atoms with van der Waals surface area (Å²) in [6, 6.07) is 6.90. The molecule has 1 aromatic carbocycles. The van der Waals surface area contributed by atoms with E-state index in [0.717, 1.165) is 12.0 Å². The van der Waals surface area contributed by atoms with E-state index >= 15 is 0 Å². The van der Waals surface area contributed by atoms with Crippen molar-refractivity contribution in [2.75, 3.05) is 14.1 Å². The van der Waals surface area contributed by atoms with Gasteiger partial charge >= 0.3 is 0 Å². The molecule has 19 heavy (non-hydrogen) atoms. The van der Waals surface area contributed by atoms with Gasteiger partial charge < -0.3 is 4.90 Å². The van der Waals surface area contributed by atoms with Gasteiger partial charge in [0.25, 0.3) is 5.91 Å². The Labute approximate surface area is 119 Å². The van der Waals surface area contributed by atoms with Crippen molar-refractivity contribution in [3.63, 3.8) is 0 Å². The van der Waals surface area contributed by atoms with E-state index in [1.807, 2.05) is 0 Å². The van der Waals surface area contributed by atoms with Crippen molar-refractivity contribution in [3.05, 3.63) is 46.2 Å². The summed E-state index contributed by atoms with van der Waals surface area (Å²) in [7, 11) is 3.35. The van der Waals surface area contributed by atoms with E-state index < -0.39 is 0 Å². The summed E-state index contributed by atoms with van der Waals surface area (Å²) in [4.78, 5) is 24.0. The number of rotatable bonds is 3. The van der Waals surface area contributed by atoms with E-state index in [1.165, 1.54) is 4.90 Å². The first-order valence-corrected chi connectivity index (χ1v) is 6.34. The van der Waals surface area contributed by atoms with Crippen LogP contribution in [0.15, 0.2) is 34.9 Å². The van der Waals surface area contributed by atoms with Crippen LogP contribution in [0.4, 0.5) is 0 Å². The number of carbonyl (C=O) groups excluding carboxylic acids is 2. The van der Waals surface area contributed by atoms with Crippen molar-refractivity contribution in [3.8, 4) is 5.69 Å². The summed E-state index contributed by atoms with van der Waals surface area (Å²) < 4.78 is 2.28. The molecular weight excluding hydrogens is 310 g/mol. The van der Waals surface area contributed by atoms with E-state index in [0.29, 0.717) is 15.7 Å². The molecule has 0 aliphatic rings. The highest BCUT2D eigenvalue weighted by molar-refractivity contribution is 9.10. The second kappa shape index (κ2) is 5.36. The number of aldehydes is 1. The van der Waals surface area contributed by atoms with E-state index in [-0.39, 0.29) is 5.91 Å². The molecule has 1 aromatic heterocycles. The normalized spacial score (nSPS) is 10.3. The molecule has 2 aromatic rings. The van der Waals surface area contributed by atoms with Gasteiger partial charge in [-0.15, -0.1) is 0 Å². The average Bonchev–Trinajstić information content (AvgIpc) is 2.87. The quantitative estimate of drug-likeness (QED) is 0.814. The minimum absolute atomic E-state index is 0.151. The van der Waals surface area contributed by atoms with Crippen LogP contribution in [-0.4, -0.2) is 41.0 Å². The molecule has 2 rings (SSSR count). The summed E-state index contributed by atoms with van der Waals surface area (Å²) in [6.07, 6.45) is 2.48. The molecule has 0 aliphatic heterocycles. The second-order valence-corrected chi connectivity index (χ2v) is 5.02.